The van der Waals surface area contributed by atoms with E-state index < -0.39 is 0 Å². The first-order valence-electron chi connectivity index (χ1n) is 7.89. The average molecular weight is 346 g/mol. The van der Waals surface area contributed by atoms with E-state index in [1.807, 2.05) is 54.6 Å². The molecule has 24 heavy (non-hydrogen) atoms. The van der Waals surface area contributed by atoms with Crippen LogP contribution < -0.4 is 21.5 Å². The lowest BCUT2D eigenvalue weighted by Gasteiger charge is -2.15. The average Bonchev–Trinajstić information content (AvgIpc) is 2.61. The zero-order valence-corrected chi connectivity index (χ0v) is 14.6. The predicted octanol–water partition coefficient (Wildman–Crippen LogP) is 2.85. The number of nitrogens with two attached hydrogens (primary N) is 2. The molecule has 0 aliphatic rings. The Morgan fingerprint density at radius 1 is 1.21 bits per heavy atom. The van der Waals surface area contributed by atoms with Crippen LogP contribution in [0.15, 0.2) is 60.3 Å². The van der Waals surface area contributed by atoms with Gasteiger partial charge in [-0.2, -0.15) is 0 Å². The summed E-state index contributed by atoms with van der Waals surface area (Å²) in [7, 11) is 1.66. The molecule has 2 aromatic rings. The van der Waals surface area contributed by atoms with Gasteiger partial charge in [-0.1, -0.05) is 41.9 Å². The molecule has 0 saturated heterocycles. The highest BCUT2D eigenvalue weighted by Gasteiger charge is 2.05. The van der Waals surface area contributed by atoms with Crippen molar-refractivity contribution < 1.29 is 4.74 Å². The number of methoxy groups -OCH3 is 1. The highest BCUT2D eigenvalue weighted by molar-refractivity contribution is 6.31. The minimum Gasteiger partial charge on any atom is -0.497 e. The number of allylic oxidation sites excluding steroid dienone is 1. The van der Waals surface area contributed by atoms with Gasteiger partial charge < -0.3 is 21.5 Å². The van der Waals surface area contributed by atoms with Crippen molar-refractivity contribution in [1.82, 2.24) is 5.32 Å². The highest BCUT2D eigenvalue weighted by Crippen LogP contribution is 2.17. The fourth-order valence-electron chi connectivity index (χ4n) is 2.32. The largest absolute Gasteiger partial charge is 0.497 e. The lowest BCUT2D eigenvalue weighted by molar-refractivity contribution is 0.414. The van der Waals surface area contributed by atoms with E-state index >= 15 is 0 Å². The van der Waals surface area contributed by atoms with E-state index in [1.54, 1.807) is 7.11 Å². The van der Waals surface area contributed by atoms with E-state index in [9.17, 15) is 0 Å². The van der Waals surface area contributed by atoms with Crippen molar-refractivity contribution in [3.63, 3.8) is 0 Å². The van der Waals surface area contributed by atoms with Crippen LogP contribution in [0.3, 0.4) is 0 Å². The van der Waals surface area contributed by atoms with Crippen molar-refractivity contribution in [2.45, 2.75) is 19.0 Å². The van der Waals surface area contributed by atoms with Crippen LogP contribution in [0.4, 0.5) is 0 Å². The second kappa shape index (κ2) is 9.33. The summed E-state index contributed by atoms with van der Waals surface area (Å²) in [6.45, 7) is 1.04. The van der Waals surface area contributed by atoms with Gasteiger partial charge in [0.05, 0.1) is 7.11 Å². The Labute approximate surface area is 148 Å². The molecule has 0 radical (unpaired) electrons. The van der Waals surface area contributed by atoms with Crippen LogP contribution >= 0.6 is 11.6 Å². The maximum absolute atomic E-state index is 6.22. The summed E-state index contributed by atoms with van der Waals surface area (Å²) in [4.78, 5) is 0. The minimum atomic E-state index is -0.183. The van der Waals surface area contributed by atoms with Gasteiger partial charge in [0, 0.05) is 36.3 Å². The van der Waals surface area contributed by atoms with Gasteiger partial charge in [-0.15, -0.1) is 0 Å². The van der Waals surface area contributed by atoms with Gasteiger partial charge >= 0.3 is 0 Å². The topological polar surface area (TPSA) is 73.3 Å². The Kier molecular flexibility index (Phi) is 7.12. The van der Waals surface area contributed by atoms with Crippen LogP contribution in [-0.4, -0.2) is 19.7 Å². The highest BCUT2D eigenvalue weighted by atomic mass is 35.5. The van der Waals surface area contributed by atoms with Crippen molar-refractivity contribution >= 4 is 11.6 Å². The fourth-order valence-corrected chi connectivity index (χ4v) is 2.52. The van der Waals surface area contributed by atoms with Gasteiger partial charge in [-0.3, -0.25) is 0 Å². The van der Waals surface area contributed by atoms with E-state index in [4.69, 9.17) is 27.8 Å². The number of ether oxygens (including phenoxy) is 1. The lowest BCUT2D eigenvalue weighted by atomic mass is 10.1. The molecule has 1 atom stereocenters. The molecule has 0 bridgehead atoms. The van der Waals surface area contributed by atoms with Gasteiger partial charge in [0.2, 0.25) is 0 Å². The van der Waals surface area contributed by atoms with Crippen molar-refractivity contribution in [1.29, 1.82) is 0 Å². The third-order valence-electron chi connectivity index (χ3n) is 3.70. The van der Waals surface area contributed by atoms with Gasteiger partial charge in [-0.05, 0) is 35.4 Å². The summed E-state index contributed by atoms with van der Waals surface area (Å²) in [5.74, 6) is 0.840. The van der Waals surface area contributed by atoms with Crippen molar-refractivity contribution in [3.05, 3.63) is 76.5 Å². The molecule has 4 nitrogen and oxygen atoms in total. The zero-order chi connectivity index (χ0) is 17.4. The standard InChI is InChI=1S/C19H24ClN3O/c1-24-18-8-6-14(7-9-18)10-17(11-16(22)12-21)23-13-15-4-2-3-5-19(15)20/h2-9,11,16,23H,10,12-13,21-22H2,1H3/b17-11-. The first-order chi connectivity index (χ1) is 11.6. The maximum atomic E-state index is 6.22. The maximum Gasteiger partial charge on any atom is 0.118 e. The molecular formula is C19H24ClN3O. The molecule has 0 heterocycles. The van der Waals surface area contributed by atoms with Crippen LogP contribution in [-0.2, 0) is 13.0 Å². The number of benzene rings is 2. The normalized spacial score (nSPS) is 12.8. The van der Waals surface area contributed by atoms with Crippen LogP contribution in [0.2, 0.25) is 5.02 Å². The van der Waals surface area contributed by atoms with Crippen molar-refractivity contribution in [2.75, 3.05) is 13.7 Å². The second-order valence-corrected chi connectivity index (χ2v) is 5.97. The Balaban J connectivity index is 2.09. The van der Waals surface area contributed by atoms with E-state index in [-0.39, 0.29) is 6.04 Å². The summed E-state index contributed by atoms with van der Waals surface area (Å²) in [6.07, 6.45) is 2.71. The molecule has 5 N–H and O–H groups in total. The molecule has 0 aliphatic heterocycles. The van der Waals surface area contributed by atoms with E-state index in [0.717, 1.165) is 34.0 Å². The Bertz CT molecular complexity index is 671. The van der Waals surface area contributed by atoms with E-state index in [1.165, 1.54) is 0 Å². The monoisotopic (exact) mass is 345 g/mol. The predicted molar refractivity (Wildman–Crippen MR) is 100 cm³/mol. The number of hydrogen-bond donors (Lipinski definition) is 3. The molecule has 1 unspecified atom stereocenters. The quantitative estimate of drug-likeness (QED) is 0.688. The first-order valence-corrected chi connectivity index (χ1v) is 8.26. The van der Waals surface area contributed by atoms with Crippen LogP contribution in [0, 0.1) is 0 Å². The van der Waals surface area contributed by atoms with Gasteiger partial charge in [0.25, 0.3) is 0 Å². The summed E-state index contributed by atoms with van der Waals surface area (Å²) >= 11 is 6.22. The van der Waals surface area contributed by atoms with Crippen LogP contribution in [0.25, 0.3) is 0 Å². The molecule has 2 aromatic carbocycles. The third-order valence-corrected chi connectivity index (χ3v) is 4.07. The summed E-state index contributed by atoms with van der Waals surface area (Å²) in [5, 5.41) is 4.18. The smallest absolute Gasteiger partial charge is 0.118 e. The molecule has 0 spiro atoms. The Morgan fingerprint density at radius 3 is 2.54 bits per heavy atom. The number of rotatable bonds is 8. The Morgan fingerprint density at radius 2 is 1.92 bits per heavy atom. The number of hydrogen-bond acceptors (Lipinski definition) is 4. The molecule has 0 aliphatic carbocycles. The molecule has 0 saturated carbocycles. The summed E-state index contributed by atoms with van der Waals surface area (Å²) in [6, 6.07) is 15.6. The number of nitrogens with one attached hydrogen (secondary N) is 1. The van der Waals surface area contributed by atoms with Crippen molar-refractivity contribution in [3.8, 4) is 5.75 Å². The number of halogens is 1. The SMILES string of the molecule is COc1ccc(C/C(=C/C(N)CN)NCc2ccccc2Cl)cc1. The zero-order valence-electron chi connectivity index (χ0n) is 13.8. The third kappa shape index (κ3) is 5.57. The molecule has 5 heteroatoms. The minimum absolute atomic E-state index is 0.183. The molecule has 2 rings (SSSR count). The summed E-state index contributed by atoms with van der Waals surface area (Å²) < 4.78 is 5.19. The molecule has 0 aromatic heterocycles. The van der Waals surface area contributed by atoms with E-state index in [2.05, 4.69) is 5.32 Å². The van der Waals surface area contributed by atoms with Gasteiger partial charge in [0.1, 0.15) is 5.75 Å². The second-order valence-electron chi connectivity index (χ2n) is 5.56. The summed E-state index contributed by atoms with van der Waals surface area (Å²) in [5.41, 5.74) is 14.9. The lowest BCUT2D eigenvalue weighted by Crippen LogP contribution is -2.29. The van der Waals surface area contributed by atoms with Crippen LogP contribution in [0.1, 0.15) is 11.1 Å². The van der Waals surface area contributed by atoms with E-state index in [0.29, 0.717) is 13.1 Å². The Hall–Kier alpha value is -2.01. The molecule has 0 amide bonds. The molecular weight excluding hydrogens is 322 g/mol. The fraction of sp³-hybridized carbons (Fsp3) is 0.263. The van der Waals surface area contributed by atoms with Crippen molar-refractivity contribution in [2.24, 2.45) is 11.5 Å². The van der Waals surface area contributed by atoms with Gasteiger partial charge in [0.15, 0.2) is 0 Å². The molecule has 0 fully saturated rings. The van der Waals surface area contributed by atoms with Gasteiger partial charge in [-0.25, -0.2) is 0 Å². The molecule has 128 valence electrons. The first kappa shape index (κ1) is 18.3. The van der Waals surface area contributed by atoms with Crippen LogP contribution in [0.5, 0.6) is 5.75 Å².